The SMILES string of the molecule is Cc1c(-c2cc(F)cc(N3CCC3)c2)c(C)n2c(=O)n(-c3ccccn3)ncc12. The molecule has 1 aliphatic rings. The van der Waals surface area contributed by atoms with Crippen LogP contribution in [0.4, 0.5) is 10.1 Å². The molecule has 0 atom stereocenters. The second kappa shape index (κ2) is 6.55. The van der Waals surface area contributed by atoms with Gasteiger partial charge in [-0.2, -0.15) is 9.78 Å². The zero-order valence-corrected chi connectivity index (χ0v) is 16.3. The summed E-state index contributed by atoms with van der Waals surface area (Å²) in [4.78, 5) is 19.6. The van der Waals surface area contributed by atoms with Crippen molar-refractivity contribution in [2.75, 3.05) is 18.0 Å². The quantitative estimate of drug-likeness (QED) is 0.538. The molecule has 0 unspecified atom stereocenters. The van der Waals surface area contributed by atoms with Gasteiger partial charge in [-0.05, 0) is 61.7 Å². The standard InChI is InChI=1S/C22H20FN5O/c1-14-19-13-25-28(20-6-3-4-7-24-20)22(29)27(19)15(2)21(14)16-10-17(23)12-18(11-16)26-8-5-9-26/h3-4,6-7,10-13H,5,8-9H2,1-2H3. The lowest BCUT2D eigenvalue weighted by Gasteiger charge is -2.33. The molecule has 0 spiro atoms. The van der Waals surface area contributed by atoms with E-state index in [1.807, 2.05) is 26.0 Å². The molecule has 1 fully saturated rings. The Balaban J connectivity index is 1.73. The molecule has 1 aromatic carbocycles. The van der Waals surface area contributed by atoms with Gasteiger partial charge in [0.05, 0.1) is 11.7 Å². The third kappa shape index (κ3) is 2.73. The summed E-state index contributed by atoms with van der Waals surface area (Å²) in [6.07, 6.45) is 4.41. The maximum Gasteiger partial charge on any atom is 0.355 e. The Morgan fingerprint density at radius 3 is 2.62 bits per heavy atom. The molecule has 146 valence electrons. The van der Waals surface area contributed by atoms with Gasteiger partial charge in [-0.1, -0.05) is 6.07 Å². The fourth-order valence-corrected chi connectivity index (χ4v) is 4.05. The Morgan fingerprint density at radius 1 is 1.10 bits per heavy atom. The topological polar surface area (TPSA) is 55.4 Å². The van der Waals surface area contributed by atoms with Crippen molar-refractivity contribution in [3.8, 4) is 16.9 Å². The van der Waals surface area contributed by atoms with Crippen molar-refractivity contribution >= 4 is 11.2 Å². The van der Waals surface area contributed by atoms with Crippen molar-refractivity contribution in [1.82, 2.24) is 19.2 Å². The fraction of sp³-hybridized carbons (Fsp3) is 0.227. The summed E-state index contributed by atoms with van der Waals surface area (Å²) < 4.78 is 17.3. The lowest BCUT2D eigenvalue weighted by molar-refractivity contribution is 0.603. The number of benzene rings is 1. The fourth-order valence-electron chi connectivity index (χ4n) is 4.05. The predicted molar refractivity (Wildman–Crippen MR) is 110 cm³/mol. The first-order chi connectivity index (χ1) is 14.0. The Labute approximate surface area is 166 Å². The van der Waals surface area contributed by atoms with E-state index in [9.17, 15) is 9.18 Å². The van der Waals surface area contributed by atoms with E-state index in [-0.39, 0.29) is 11.5 Å². The third-order valence-electron chi connectivity index (χ3n) is 5.62. The highest BCUT2D eigenvalue weighted by atomic mass is 19.1. The summed E-state index contributed by atoms with van der Waals surface area (Å²) >= 11 is 0. The van der Waals surface area contributed by atoms with Crippen molar-refractivity contribution in [2.45, 2.75) is 20.3 Å². The molecule has 1 saturated heterocycles. The molecule has 5 rings (SSSR count). The van der Waals surface area contributed by atoms with Crippen molar-refractivity contribution in [2.24, 2.45) is 0 Å². The minimum atomic E-state index is -0.299. The highest BCUT2D eigenvalue weighted by molar-refractivity contribution is 5.80. The average Bonchev–Trinajstić information content (AvgIpc) is 2.92. The molecule has 4 heterocycles. The first kappa shape index (κ1) is 17.6. The first-order valence-electron chi connectivity index (χ1n) is 9.62. The number of pyridine rings is 1. The summed E-state index contributed by atoms with van der Waals surface area (Å²) in [6, 6.07) is 10.4. The zero-order chi connectivity index (χ0) is 20.1. The average molecular weight is 389 g/mol. The van der Waals surface area contributed by atoms with Crippen LogP contribution in [0.25, 0.3) is 22.5 Å². The lowest BCUT2D eigenvalue weighted by Crippen LogP contribution is -2.37. The van der Waals surface area contributed by atoms with E-state index in [1.54, 1.807) is 35.0 Å². The van der Waals surface area contributed by atoms with Crippen LogP contribution in [0, 0.1) is 19.7 Å². The summed E-state index contributed by atoms with van der Waals surface area (Å²) in [5.41, 5.74) is 4.59. The number of anilines is 1. The Hall–Kier alpha value is -3.48. The van der Waals surface area contributed by atoms with E-state index < -0.39 is 0 Å². The van der Waals surface area contributed by atoms with Crippen molar-refractivity contribution in [1.29, 1.82) is 0 Å². The highest BCUT2D eigenvalue weighted by Gasteiger charge is 2.21. The van der Waals surface area contributed by atoms with Crippen LogP contribution in [0.1, 0.15) is 17.7 Å². The van der Waals surface area contributed by atoms with E-state index in [4.69, 9.17) is 0 Å². The summed E-state index contributed by atoms with van der Waals surface area (Å²) in [5.74, 6) is 0.181. The van der Waals surface area contributed by atoms with Gasteiger partial charge in [0.2, 0.25) is 0 Å². The molecule has 1 aliphatic heterocycles. The van der Waals surface area contributed by atoms with E-state index in [0.29, 0.717) is 11.3 Å². The molecular weight excluding hydrogens is 369 g/mol. The van der Waals surface area contributed by atoms with Crippen LogP contribution >= 0.6 is 0 Å². The van der Waals surface area contributed by atoms with Gasteiger partial charge >= 0.3 is 5.69 Å². The number of aromatic nitrogens is 4. The van der Waals surface area contributed by atoms with Crippen LogP contribution in [-0.2, 0) is 0 Å². The molecule has 4 aromatic rings. The molecule has 6 nitrogen and oxygen atoms in total. The van der Waals surface area contributed by atoms with Crippen LogP contribution < -0.4 is 10.6 Å². The van der Waals surface area contributed by atoms with Crippen LogP contribution in [0.5, 0.6) is 0 Å². The van der Waals surface area contributed by atoms with Gasteiger partial charge in [0.1, 0.15) is 5.82 Å². The third-order valence-corrected chi connectivity index (χ3v) is 5.62. The Morgan fingerprint density at radius 2 is 1.93 bits per heavy atom. The largest absolute Gasteiger partial charge is 0.371 e. The molecular formula is C22H20FN5O. The summed E-state index contributed by atoms with van der Waals surface area (Å²) in [6.45, 7) is 5.71. The van der Waals surface area contributed by atoms with Gasteiger partial charge in [-0.15, -0.1) is 0 Å². The first-order valence-corrected chi connectivity index (χ1v) is 9.62. The minimum absolute atomic E-state index is 0.275. The van der Waals surface area contributed by atoms with E-state index >= 15 is 0 Å². The number of hydrogen-bond donors (Lipinski definition) is 0. The Bertz CT molecular complexity index is 1290. The van der Waals surface area contributed by atoms with Gasteiger partial charge in [0.25, 0.3) is 0 Å². The van der Waals surface area contributed by atoms with Crippen molar-refractivity contribution in [3.05, 3.63) is 76.4 Å². The lowest BCUT2D eigenvalue weighted by atomic mass is 10.00. The number of nitrogens with zero attached hydrogens (tertiary/aromatic N) is 5. The van der Waals surface area contributed by atoms with E-state index in [1.165, 1.54) is 10.7 Å². The number of aryl methyl sites for hydroxylation is 2. The molecule has 3 aromatic heterocycles. The predicted octanol–water partition coefficient (Wildman–Crippen LogP) is 3.51. The molecule has 0 N–H and O–H groups in total. The second-order valence-corrected chi connectivity index (χ2v) is 7.37. The normalized spacial score (nSPS) is 13.7. The van der Waals surface area contributed by atoms with Gasteiger partial charge < -0.3 is 4.90 Å². The molecule has 0 amide bonds. The highest BCUT2D eigenvalue weighted by Crippen LogP contribution is 2.35. The number of hydrogen-bond acceptors (Lipinski definition) is 4. The molecule has 0 aliphatic carbocycles. The maximum atomic E-state index is 14.4. The molecule has 0 radical (unpaired) electrons. The van der Waals surface area contributed by atoms with Crippen molar-refractivity contribution in [3.63, 3.8) is 0 Å². The van der Waals surface area contributed by atoms with Crippen LogP contribution in [-0.4, -0.2) is 32.3 Å². The van der Waals surface area contributed by atoms with Crippen LogP contribution in [0.2, 0.25) is 0 Å². The molecule has 29 heavy (non-hydrogen) atoms. The summed E-state index contributed by atoms with van der Waals surface area (Å²) in [7, 11) is 0. The maximum absolute atomic E-state index is 14.4. The van der Waals surface area contributed by atoms with E-state index in [0.717, 1.165) is 47.6 Å². The van der Waals surface area contributed by atoms with Gasteiger partial charge in [-0.3, -0.25) is 4.40 Å². The molecule has 7 heteroatoms. The van der Waals surface area contributed by atoms with Gasteiger partial charge in [-0.25, -0.2) is 14.2 Å². The number of halogens is 1. The molecule has 0 saturated carbocycles. The monoisotopic (exact) mass is 389 g/mol. The smallest absolute Gasteiger partial charge is 0.355 e. The van der Waals surface area contributed by atoms with Crippen molar-refractivity contribution < 1.29 is 4.39 Å². The number of fused-ring (bicyclic) bond motifs is 1. The van der Waals surface area contributed by atoms with Gasteiger partial charge in [0.15, 0.2) is 5.82 Å². The second-order valence-electron chi connectivity index (χ2n) is 7.37. The minimum Gasteiger partial charge on any atom is -0.371 e. The summed E-state index contributed by atoms with van der Waals surface area (Å²) in [5, 5.41) is 4.31. The molecule has 0 bridgehead atoms. The van der Waals surface area contributed by atoms with Crippen LogP contribution in [0.15, 0.2) is 53.6 Å². The van der Waals surface area contributed by atoms with E-state index in [2.05, 4.69) is 15.0 Å². The van der Waals surface area contributed by atoms with Gasteiger partial charge in [0, 0.05) is 36.2 Å². The Kier molecular flexibility index (Phi) is 3.97. The zero-order valence-electron chi connectivity index (χ0n) is 16.3. The van der Waals surface area contributed by atoms with Crippen LogP contribution in [0.3, 0.4) is 0 Å². The number of rotatable bonds is 3.